The Labute approximate surface area is 219 Å². The molecule has 1 saturated heterocycles. The minimum Gasteiger partial charge on any atom is -0.465 e. The number of carbonyl (C=O) groups is 2. The fraction of sp³-hybridized carbons (Fsp3) is 0.241. The van der Waals surface area contributed by atoms with Crippen LogP contribution < -0.4 is 5.32 Å². The Bertz CT molecular complexity index is 1660. The zero-order valence-corrected chi connectivity index (χ0v) is 21.0. The number of aromatic nitrogens is 4. The second-order valence-corrected chi connectivity index (χ2v) is 9.77. The predicted molar refractivity (Wildman–Crippen MR) is 145 cm³/mol. The smallest absolute Gasteiger partial charge is 0.404 e. The average molecular weight is 509 g/mol. The zero-order chi connectivity index (χ0) is 26.2. The zero-order valence-electron chi connectivity index (χ0n) is 21.0. The fourth-order valence-electron chi connectivity index (χ4n) is 5.44. The number of hydrogen-bond acceptors (Lipinski definition) is 4. The molecule has 6 rings (SSSR count). The van der Waals surface area contributed by atoms with E-state index in [9.17, 15) is 9.59 Å². The Hall–Kier alpha value is -4.66. The first kappa shape index (κ1) is 23.7. The number of nitrogens with one attached hydrogen (secondary N) is 1. The minimum atomic E-state index is -1.06. The van der Waals surface area contributed by atoms with Crippen molar-refractivity contribution in [1.29, 1.82) is 0 Å². The SMILES string of the molecule is Cn1c(-c2cc3ccccc3n2Cc2ccncc2)nc2cc(C(=O)N3CCC[C@@H](NC(=O)O)C3)ccc21. The average Bonchev–Trinajstić information content (AvgIpc) is 3.45. The van der Waals surface area contributed by atoms with Gasteiger partial charge >= 0.3 is 6.09 Å². The van der Waals surface area contributed by atoms with Gasteiger partial charge < -0.3 is 24.5 Å². The molecule has 5 aromatic rings. The third-order valence-electron chi connectivity index (χ3n) is 7.29. The van der Waals surface area contributed by atoms with Crippen molar-refractivity contribution in [3.63, 3.8) is 0 Å². The Balaban J connectivity index is 1.37. The number of carboxylic acid groups (broad SMARTS) is 1. The molecule has 2 N–H and O–H groups in total. The first-order chi connectivity index (χ1) is 18.5. The summed E-state index contributed by atoms with van der Waals surface area (Å²) in [4.78, 5) is 35.2. The third-order valence-corrected chi connectivity index (χ3v) is 7.29. The molecule has 38 heavy (non-hydrogen) atoms. The van der Waals surface area contributed by atoms with Gasteiger partial charge in [0.1, 0.15) is 0 Å². The topological polar surface area (TPSA) is 105 Å². The maximum Gasteiger partial charge on any atom is 0.404 e. The van der Waals surface area contributed by atoms with Crippen molar-refractivity contribution in [1.82, 2.24) is 29.3 Å². The van der Waals surface area contributed by atoms with Crippen molar-refractivity contribution in [2.75, 3.05) is 13.1 Å². The van der Waals surface area contributed by atoms with E-state index in [0.29, 0.717) is 25.2 Å². The van der Waals surface area contributed by atoms with Crippen LogP contribution in [0.2, 0.25) is 0 Å². The number of piperidine rings is 1. The summed E-state index contributed by atoms with van der Waals surface area (Å²) in [5.41, 5.74) is 5.49. The van der Waals surface area contributed by atoms with Crippen LogP contribution in [0.15, 0.2) is 73.1 Å². The number of para-hydroxylation sites is 1. The standard InChI is InChI=1S/C29H28N6O3/c1-33-25-9-8-21(28(36)34-14-4-6-22(18-34)31-29(37)38)15-23(25)32-27(33)26-16-20-5-2-3-7-24(20)35(26)17-19-10-12-30-13-11-19/h2-3,5,7-13,15-16,22,31H,4,6,14,17-18H2,1H3,(H,37,38)/t22-/m1/s1. The van der Waals surface area contributed by atoms with Gasteiger partial charge in [-0.1, -0.05) is 18.2 Å². The van der Waals surface area contributed by atoms with Crippen LogP contribution in [-0.2, 0) is 13.6 Å². The molecule has 1 aliphatic heterocycles. The van der Waals surface area contributed by atoms with Gasteiger partial charge in [-0.15, -0.1) is 0 Å². The summed E-state index contributed by atoms with van der Waals surface area (Å²) in [5, 5.41) is 12.7. The van der Waals surface area contributed by atoms with Crippen LogP contribution in [0.1, 0.15) is 28.8 Å². The molecular weight excluding hydrogens is 480 g/mol. The van der Waals surface area contributed by atoms with Gasteiger partial charge in [0.25, 0.3) is 5.91 Å². The van der Waals surface area contributed by atoms with E-state index in [4.69, 9.17) is 10.1 Å². The summed E-state index contributed by atoms with van der Waals surface area (Å²) in [5.74, 6) is 0.710. The number of benzene rings is 2. The predicted octanol–water partition coefficient (Wildman–Crippen LogP) is 4.51. The molecule has 0 radical (unpaired) electrons. The molecule has 3 aromatic heterocycles. The largest absolute Gasteiger partial charge is 0.465 e. The van der Waals surface area contributed by atoms with Crippen molar-refractivity contribution in [3.05, 3.63) is 84.2 Å². The van der Waals surface area contributed by atoms with Crippen molar-refractivity contribution in [3.8, 4) is 11.5 Å². The lowest BCUT2D eigenvalue weighted by Gasteiger charge is -2.32. The van der Waals surface area contributed by atoms with Crippen molar-refractivity contribution < 1.29 is 14.7 Å². The molecule has 2 aromatic carbocycles. The maximum atomic E-state index is 13.3. The van der Waals surface area contributed by atoms with Gasteiger partial charge in [0.2, 0.25) is 0 Å². The van der Waals surface area contributed by atoms with Crippen LogP contribution >= 0.6 is 0 Å². The number of nitrogens with zero attached hydrogens (tertiary/aromatic N) is 5. The highest BCUT2D eigenvalue weighted by molar-refractivity contribution is 5.98. The Kier molecular flexibility index (Phi) is 6.03. The van der Waals surface area contributed by atoms with Crippen LogP contribution in [0, 0.1) is 0 Å². The summed E-state index contributed by atoms with van der Waals surface area (Å²) >= 11 is 0. The minimum absolute atomic E-state index is 0.109. The third kappa shape index (κ3) is 4.36. The van der Waals surface area contributed by atoms with E-state index < -0.39 is 6.09 Å². The number of hydrogen-bond donors (Lipinski definition) is 2. The van der Waals surface area contributed by atoms with E-state index in [1.165, 1.54) is 0 Å². The van der Waals surface area contributed by atoms with Crippen molar-refractivity contribution in [2.24, 2.45) is 7.05 Å². The van der Waals surface area contributed by atoms with E-state index in [1.807, 2.05) is 49.5 Å². The van der Waals surface area contributed by atoms with Gasteiger partial charge in [0.05, 0.1) is 16.7 Å². The van der Waals surface area contributed by atoms with Crippen molar-refractivity contribution >= 4 is 33.9 Å². The number of pyridine rings is 1. The van der Waals surface area contributed by atoms with E-state index >= 15 is 0 Å². The van der Waals surface area contributed by atoms with Gasteiger partial charge in [-0.05, 0) is 60.9 Å². The maximum absolute atomic E-state index is 13.3. The van der Waals surface area contributed by atoms with Gasteiger partial charge in [-0.2, -0.15) is 0 Å². The molecule has 0 unspecified atom stereocenters. The van der Waals surface area contributed by atoms with Gasteiger partial charge in [0.15, 0.2) is 5.82 Å². The van der Waals surface area contributed by atoms with E-state index in [-0.39, 0.29) is 11.9 Å². The van der Waals surface area contributed by atoms with E-state index in [2.05, 4.69) is 37.6 Å². The highest BCUT2D eigenvalue weighted by atomic mass is 16.4. The molecule has 192 valence electrons. The van der Waals surface area contributed by atoms with Gasteiger partial charge in [-0.3, -0.25) is 9.78 Å². The molecular formula is C29H28N6O3. The number of aryl methyl sites for hydroxylation is 1. The normalized spacial score (nSPS) is 15.7. The number of amides is 2. The first-order valence-corrected chi connectivity index (χ1v) is 12.7. The Morgan fingerprint density at radius 2 is 1.87 bits per heavy atom. The van der Waals surface area contributed by atoms with Crippen molar-refractivity contribution in [2.45, 2.75) is 25.4 Å². The summed E-state index contributed by atoms with van der Waals surface area (Å²) in [6, 6.07) is 19.8. The molecule has 1 atom stereocenters. The first-order valence-electron chi connectivity index (χ1n) is 12.7. The molecule has 0 saturated carbocycles. The lowest BCUT2D eigenvalue weighted by atomic mass is 10.0. The molecule has 0 aliphatic carbocycles. The number of imidazole rings is 1. The van der Waals surface area contributed by atoms with E-state index in [0.717, 1.165) is 51.9 Å². The molecule has 9 heteroatoms. The van der Waals surface area contributed by atoms with Crippen LogP contribution in [0.25, 0.3) is 33.5 Å². The fourth-order valence-corrected chi connectivity index (χ4v) is 5.44. The molecule has 1 fully saturated rings. The second kappa shape index (κ2) is 9.66. The van der Waals surface area contributed by atoms with Crippen LogP contribution in [-0.4, -0.2) is 60.2 Å². The number of likely N-dealkylation sites (tertiary alicyclic amines) is 1. The summed E-state index contributed by atoms with van der Waals surface area (Å²) in [7, 11) is 1.99. The van der Waals surface area contributed by atoms with Crippen LogP contribution in [0.4, 0.5) is 4.79 Å². The molecule has 2 amide bonds. The van der Waals surface area contributed by atoms with Crippen LogP contribution in [0.5, 0.6) is 0 Å². The highest BCUT2D eigenvalue weighted by Crippen LogP contribution is 2.31. The molecule has 4 heterocycles. The number of carbonyl (C=O) groups excluding carboxylic acids is 1. The monoisotopic (exact) mass is 508 g/mol. The Morgan fingerprint density at radius 1 is 1.05 bits per heavy atom. The lowest BCUT2D eigenvalue weighted by Crippen LogP contribution is -2.49. The molecule has 0 spiro atoms. The van der Waals surface area contributed by atoms with Gasteiger partial charge in [0, 0.05) is 61.6 Å². The second-order valence-electron chi connectivity index (χ2n) is 9.77. The quantitative estimate of drug-likeness (QED) is 0.363. The molecule has 1 aliphatic rings. The molecule has 0 bridgehead atoms. The van der Waals surface area contributed by atoms with E-state index in [1.54, 1.807) is 17.3 Å². The molecule has 9 nitrogen and oxygen atoms in total. The number of rotatable bonds is 5. The highest BCUT2D eigenvalue weighted by Gasteiger charge is 2.26. The lowest BCUT2D eigenvalue weighted by molar-refractivity contribution is 0.0692. The summed E-state index contributed by atoms with van der Waals surface area (Å²) in [6.07, 6.45) is 4.03. The number of fused-ring (bicyclic) bond motifs is 2. The Morgan fingerprint density at radius 3 is 2.68 bits per heavy atom. The van der Waals surface area contributed by atoms with Gasteiger partial charge in [-0.25, -0.2) is 9.78 Å². The summed E-state index contributed by atoms with van der Waals surface area (Å²) in [6.45, 7) is 1.65. The summed E-state index contributed by atoms with van der Waals surface area (Å²) < 4.78 is 4.33. The van der Waals surface area contributed by atoms with Crippen LogP contribution in [0.3, 0.4) is 0 Å².